The second-order valence-electron chi connectivity index (χ2n) is 7.80. The van der Waals surface area contributed by atoms with E-state index in [1.165, 1.54) is 4.90 Å². The summed E-state index contributed by atoms with van der Waals surface area (Å²) in [6, 6.07) is 20.6. The molecule has 0 fully saturated rings. The highest BCUT2D eigenvalue weighted by Gasteiger charge is 2.24. The van der Waals surface area contributed by atoms with Crippen LogP contribution in [0.4, 0.5) is 5.69 Å². The number of nitrogens with one attached hydrogen (secondary N) is 1. The molecule has 1 N–H and O–H groups in total. The molecular weight excluding hydrogens is 404 g/mol. The van der Waals surface area contributed by atoms with E-state index in [1.54, 1.807) is 18.2 Å². The van der Waals surface area contributed by atoms with Gasteiger partial charge in [0.25, 0.3) is 5.91 Å². The Labute approximate surface area is 187 Å². The van der Waals surface area contributed by atoms with Crippen molar-refractivity contribution in [1.82, 2.24) is 5.32 Å². The van der Waals surface area contributed by atoms with Gasteiger partial charge in [0.05, 0.1) is 0 Å². The zero-order valence-electron chi connectivity index (χ0n) is 18.3. The van der Waals surface area contributed by atoms with Crippen LogP contribution in [-0.2, 0) is 11.3 Å². The molecule has 1 aliphatic heterocycles. The van der Waals surface area contributed by atoms with Gasteiger partial charge in [0.2, 0.25) is 5.91 Å². The lowest BCUT2D eigenvalue weighted by Crippen LogP contribution is -2.41. The molecule has 6 nitrogen and oxygen atoms in total. The molecule has 1 heterocycles. The maximum absolute atomic E-state index is 13.5. The van der Waals surface area contributed by atoms with E-state index >= 15 is 0 Å². The van der Waals surface area contributed by atoms with Gasteiger partial charge in [-0.05, 0) is 49.2 Å². The molecule has 3 aromatic carbocycles. The Morgan fingerprint density at radius 1 is 0.906 bits per heavy atom. The first-order valence-corrected chi connectivity index (χ1v) is 10.6. The third-order valence-corrected chi connectivity index (χ3v) is 5.31. The normalized spacial score (nSPS) is 12.2. The fourth-order valence-electron chi connectivity index (χ4n) is 3.70. The number of hydrogen-bond donors (Lipinski definition) is 1. The van der Waals surface area contributed by atoms with Gasteiger partial charge in [0.15, 0.2) is 11.5 Å². The molecule has 0 spiro atoms. The fraction of sp³-hybridized carbons (Fsp3) is 0.231. The molecule has 164 valence electrons. The van der Waals surface area contributed by atoms with E-state index in [9.17, 15) is 9.59 Å². The molecule has 0 saturated heterocycles. The van der Waals surface area contributed by atoms with Crippen LogP contribution in [0.5, 0.6) is 11.5 Å². The highest BCUT2D eigenvalue weighted by atomic mass is 16.6. The number of ether oxygens (including phenoxy) is 2. The summed E-state index contributed by atoms with van der Waals surface area (Å²) in [4.78, 5) is 27.8. The van der Waals surface area contributed by atoms with Crippen LogP contribution in [0.1, 0.15) is 27.0 Å². The Kier molecular flexibility index (Phi) is 6.40. The molecule has 0 aromatic heterocycles. The molecule has 0 unspecified atom stereocenters. The number of fused-ring (bicyclic) bond motifs is 1. The summed E-state index contributed by atoms with van der Waals surface area (Å²) in [7, 11) is 0. The first kappa shape index (κ1) is 21.4. The minimum Gasteiger partial charge on any atom is -0.486 e. The van der Waals surface area contributed by atoms with Crippen LogP contribution >= 0.6 is 0 Å². The van der Waals surface area contributed by atoms with Crippen molar-refractivity contribution < 1.29 is 19.1 Å². The van der Waals surface area contributed by atoms with Gasteiger partial charge in [0, 0.05) is 17.8 Å². The van der Waals surface area contributed by atoms with Gasteiger partial charge in [-0.25, -0.2) is 0 Å². The molecule has 0 aliphatic carbocycles. The minimum atomic E-state index is -0.274. The molecule has 0 radical (unpaired) electrons. The van der Waals surface area contributed by atoms with Crippen molar-refractivity contribution in [1.29, 1.82) is 0 Å². The van der Waals surface area contributed by atoms with E-state index in [2.05, 4.69) is 5.32 Å². The summed E-state index contributed by atoms with van der Waals surface area (Å²) in [6.45, 7) is 5.16. The summed E-state index contributed by atoms with van der Waals surface area (Å²) in [5.74, 6) is 0.645. The number of hydrogen-bond acceptors (Lipinski definition) is 4. The standard InChI is InChI=1S/C26H26N2O4/c1-18-8-10-22(19(2)14-18)28(17-25(29)27-16-20-6-4-3-5-7-20)26(30)21-9-11-23-24(15-21)32-13-12-31-23/h3-11,14-15H,12-13,16-17H2,1-2H3,(H,27,29). The number of anilines is 1. The lowest BCUT2D eigenvalue weighted by atomic mass is 10.1. The first-order valence-electron chi connectivity index (χ1n) is 10.6. The quantitative estimate of drug-likeness (QED) is 0.641. The van der Waals surface area contributed by atoms with Crippen molar-refractivity contribution in [3.8, 4) is 11.5 Å². The van der Waals surface area contributed by atoms with Crippen LogP contribution in [0.3, 0.4) is 0 Å². The largest absolute Gasteiger partial charge is 0.486 e. The van der Waals surface area contributed by atoms with Gasteiger partial charge >= 0.3 is 0 Å². The van der Waals surface area contributed by atoms with Gasteiger partial charge in [-0.3, -0.25) is 14.5 Å². The monoisotopic (exact) mass is 430 g/mol. The number of carbonyl (C=O) groups is 2. The Bertz CT molecular complexity index is 1130. The minimum absolute atomic E-state index is 0.0932. The summed E-state index contributed by atoms with van der Waals surface area (Å²) >= 11 is 0. The van der Waals surface area contributed by atoms with Crippen LogP contribution in [-0.4, -0.2) is 31.6 Å². The third-order valence-electron chi connectivity index (χ3n) is 5.31. The highest BCUT2D eigenvalue weighted by molar-refractivity contribution is 6.09. The number of nitrogens with zero attached hydrogens (tertiary/aromatic N) is 1. The third kappa shape index (κ3) is 4.91. The van der Waals surface area contributed by atoms with Gasteiger partial charge in [0.1, 0.15) is 19.8 Å². The van der Waals surface area contributed by atoms with Gasteiger partial charge in [-0.2, -0.15) is 0 Å². The molecule has 0 bridgehead atoms. The van der Waals surface area contributed by atoms with E-state index in [0.29, 0.717) is 42.5 Å². The molecule has 1 aliphatic rings. The maximum atomic E-state index is 13.5. The van der Waals surface area contributed by atoms with Crippen molar-refractivity contribution in [2.45, 2.75) is 20.4 Å². The predicted molar refractivity (Wildman–Crippen MR) is 123 cm³/mol. The number of aryl methyl sites for hydroxylation is 2. The van der Waals surface area contributed by atoms with Gasteiger partial charge in [-0.1, -0.05) is 48.0 Å². The molecule has 4 rings (SSSR count). The zero-order chi connectivity index (χ0) is 22.5. The second-order valence-corrected chi connectivity index (χ2v) is 7.80. The smallest absolute Gasteiger partial charge is 0.258 e. The first-order chi connectivity index (χ1) is 15.5. The average molecular weight is 431 g/mol. The summed E-state index contributed by atoms with van der Waals surface area (Å²) in [6.07, 6.45) is 0. The van der Waals surface area contributed by atoms with E-state index < -0.39 is 0 Å². The summed E-state index contributed by atoms with van der Waals surface area (Å²) < 4.78 is 11.2. The van der Waals surface area contributed by atoms with Crippen molar-refractivity contribution in [2.24, 2.45) is 0 Å². The lowest BCUT2D eigenvalue weighted by Gasteiger charge is -2.25. The van der Waals surface area contributed by atoms with Crippen molar-refractivity contribution >= 4 is 17.5 Å². The van der Waals surface area contributed by atoms with Crippen molar-refractivity contribution in [2.75, 3.05) is 24.7 Å². The molecular formula is C26H26N2O4. The van der Waals surface area contributed by atoms with E-state index in [0.717, 1.165) is 16.7 Å². The number of carbonyl (C=O) groups excluding carboxylic acids is 2. The van der Waals surface area contributed by atoms with Gasteiger partial charge < -0.3 is 14.8 Å². The van der Waals surface area contributed by atoms with Crippen molar-refractivity contribution in [3.63, 3.8) is 0 Å². The average Bonchev–Trinajstić information content (AvgIpc) is 2.81. The van der Waals surface area contributed by atoms with E-state index in [4.69, 9.17) is 9.47 Å². The molecule has 2 amide bonds. The predicted octanol–water partition coefficient (Wildman–Crippen LogP) is 4.04. The van der Waals surface area contributed by atoms with Crippen LogP contribution < -0.4 is 19.7 Å². The number of amides is 2. The molecule has 32 heavy (non-hydrogen) atoms. The maximum Gasteiger partial charge on any atom is 0.258 e. The zero-order valence-corrected chi connectivity index (χ0v) is 18.3. The Morgan fingerprint density at radius 3 is 2.41 bits per heavy atom. The van der Waals surface area contributed by atoms with Crippen molar-refractivity contribution in [3.05, 3.63) is 89.0 Å². The van der Waals surface area contributed by atoms with Gasteiger partial charge in [-0.15, -0.1) is 0 Å². The topological polar surface area (TPSA) is 67.9 Å². The number of benzene rings is 3. The SMILES string of the molecule is Cc1ccc(N(CC(=O)NCc2ccccc2)C(=O)c2ccc3c(c2)OCCO3)c(C)c1. The Morgan fingerprint density at radius 2 is 1.66 bits per heavy atom. The molecule has 0 saturated carbocycles. The Balaban J connectivity index is 1.58. The lowest BCUT2D eigenvalue weighted by molar-refractivity contribution is -0.119. The fourth-order valence-corrected chi connectivity index (χ4v) is 3.70. The van der Waals surface area contributed by atoms with E-state index in [-0.39, 0.29) is 18.4 Å². The summed E-state index contributed by atoms with van der Waals surface area (Å²) in [5.41, 5.74) is 4.14. The molecule has 0 atom stereocenters. The highest BCUT2D eigenvalue weighted by Crippen LogP contribution is 2.32. The van der Waals surface area contributed by atoms with Crippen LogP contribution in [0.2, 0.25) is 0 Å². The molecule has 6 heteroatoms. The molecule has 3 aromatic rings. The van der Waals surface area contributed by atoms with Crippen LogP contribution in [0.15, 0.2) is 66.7 Å². The Hall–Kier alpha value is -3.80. The summed E-state index contributed by atoms with van der Waals surface area (Å²) in [5, 5.41) is 2.91. The van der Waals surface area contributed by atoms with Crippen LogP contribution in [0, 0.1) is 13.8 Å². The second kappa shape index (κ2) is 9.56. The van der Waals surface area contributed by atoms with Crippen LogP contribution in [0.25, 0.3) is 0 Å². The van der Waals surface area contributed by atoms with E-state index in [1.807, 2.05) is 62.4 Å². The number of rotatable bonds is 6.